The van der Waals surface area contributed by atoms with Crippen LogP contribution in [0.4, 0.5) is 11.4 Å². The van der Waals surface area contributed by atoms with Gasteiger partial charge in [-0.15, -0.1) is 0 Å². The third-order valence-corrected chi connectivity index (χ3v) is 4.00. The lowest BCUT2D eigenvalue weighted by molar-refractivity contribution is 0.102. The van der Waals surface area contributed by atoms with Crippen molar-refractivity contribution in [1.29, 1.82) is 0 Å². The molecule has 0 heterocycles. The minimum Gasteiger partial charge on any atom is -0.399 e. The number of anilines is 2. The summed E-state index contributed by atoms with van der Waals surface area (Å²) < 4.78 is 1.40. The van der Waals surface area contributed by atoms with Gasteiger partial charge in [-0.1, -0.05) is 11.6 Å². The molecule has 2 aromatic carbocycles. The van der Waals surface area contributed by atoms with Crippen molar-refractivity contribution in [2.75, 3.05) is 11.1 Å². The van der Waals surface area contributed by atoms with Gasteiger partial charge in [-0.05, 0) is 68.3 Å². The van der Waals surface area contributed by atoms with Crippen LogP contribution in [0, 0.1) is 0 Å². The van der Waals surface area contributed by atoms with E-state index in [4.69, 9.17) is 17.3 Å². The number of carbonyl (C=O) groups is 1. The van der Waals surface area contributed by atoms with E-state index >= 15 is 0 Å². The number of rotatable bonds is 2. The normalized spacial score (nSPS) is 10.3. The van der Waals surface area contributed by atoms with Crippen molar-refractivity contribution in [1.82, 2.24) is 0 Å². The fraction of sp³-hybridized carbons (Fsp3) is 0. The van der Waals surface area contributed by atoms with Crippen molar-refractivity contribution in [3.63, 3.8) is 0 Å². The number of amides is 1. The molecule has 3 nitrogen and oxygen atoms in total. The van der Waals surface area contributed by atoms with E-state index in [1.54, 1.807) is 36.4 Å². The predicted octanol–water partition coefficient (Wildman–Crippen LogP) is 4.70. The number of hydrogen-bond acceptors (Lipinski definition) is 2. The van der Waals surface area contributed by atoms with Crippen LogP contribution in [-0.2, 0) is 0 Å². The second-order valence-electron chi connectivity index (χ2n) is 3.82. The maximum Gasteiger partial charge on any atom is 0.256 e. The quantitative estimate of drug-likeness (QED) is 0.713. The van der Waals surface area contributed by atoms with E-state index in [1.807, 2.05) is 0 Å². The molecule has 0 fully saturated rings. The Morgan fingerprint density at radius 1 is 1.11 bits per heavy atom. The zero-order chi connectivity index (χ0) is 14.0. The molecular formula is C13H9Br2ClN2O. The van der Waals surface area contributed by atoms with Crippen LogP contribution in [0.25, 0.3) is 0 Å². The standard InChI is InChI=1S/C13H9Br2ClN2O/c14-10-3-1-7(16)5-9(10)13(19)18-12-4-2-8(17)6-11(12)15/h1-6H,17H2,(H,18,19). The van der Waals surface area contributed by atoms with Crippen molar-refractivity contribution in [3.8, 4) is 0 Å². The fourth-order valence-electron chi connectivity index (χ4n) is 1.49. The summed E-state index contributed by atoms with van der Waals surface area (Å²) >= 11 is 12.6. The summed E-state index contributed by atoms with van der Waals surface area (Å²) in [6.07, 6.45) is 0. The van der Waals surface area contributed by atoms with E-state index in [1.165, 1.54) is 0 Å². The molecule has 2 aromatic rings. The zero-order valence-electron chi connectivity index (χ0n) is 9.58. The van der Waals surface area contributed by atoms with Crippen LogP contribution in [0.15, 0.2) is 45.3 Å². The molecule has 0 bridgehead atoms. The summed E-state index contributed by atoms with van der Waals surface area (Å²) in [7, 11) is 0. The maximum absolute atomic E-state index is 12.2. The van der Waals surface area contributed by atoms with Gasteiger partial charge >= 0.3 is 0 Å². The van der Waals surface area contributed by atoms with Crippen LogP contribution in [0.1, 0.15) is 10.4 Å². The number of halogens is 3. The van der Waals surface area contributed by atoms with Crippen LogP contribution in [-0.4, -0.2) is 5.91 Å². The lowest BCUT2D eigenvalue weighted by Gasteiger charge is -2.09. The molecule has 0 spiro atoms. The Hall–Kier alpha value is -1.04. The van der Waals surface area contributed by atoms with E-state index in [2.05, 4.69) is 37.2 Å². The van der Waals surface area contributed by atoms with Gasteiger partial charge < -0.3 is 11.1 Å². The molecule has 0 aromatic heterocycles. The highest BCUT2D eigenvalue weighted by molar-refractivity contribution is 9.11. The predicted molar refractivity (Wildman–Crippen MR) is 85.7 cm³/mol. The zero-order valence-corrected chi connectivity index (χ0v) is 13.5. The number of nitrogen functional groups attached to an aromatic ring is 1. The van der Waals surface area contributed by atoms with Crippen LogP contribution in [0.3, 0.4) is 0 Å². The second kappa shape index (κ2) is 5.94. The molecule has 19 heavy (non-hydrogen) atoms. The Kier molecular flexibility index (Phi) is 4.50. The summed E-state index contributed by atoms with van der Waals surface area (Å²) in [6.45, 7) is 0. The Morgan fingerprint density at radius 3 is 2.53 bits per heavy atom. The van der Waals surface area contributed by atoms with Crippen molar-refractivity contribution < 1.29 is 4.79 Å². The average molecular weight is 404 g/mol. The number of benzene rings is 2. The second-order valence-corrected chi connectivity index (χ2v) is 5.96. The van der Waals surface area contributed by atoms with Crippen molar-refractivity contribution >= 4 is 60.7 Å². The molecular weight excluding hydrogens is 395 g/mol. The highest BCUT2D eigenvalue weighted by Crippen LogP contribution is 2.27. The molecule has 0 saturated heterocycles. The summed E-state index contributed by atoms with van der Waals surface area (Å²) in [6, 6.07) is 10.2. The first-order valence-corrected chi connectivity index (χ1v) is 7.25. The molecule has 98 valence electrons. The molecule has 6 heteroatoms. The van der Waals surface area contributed by atoms with E-state index in [9.17, 15) is 4.79 Å². The fourth-order valence-corrected chi connectivity index (χ4v) is 2.59. The summed E-state index contributed by atoms with van der Waals surface area (Å²) in [5, 5.41) is 3.30. The van der Waals surface area contributed by atoms with Gasteiger partial charge in [0.25, 0.3) is 5.91 Å². The van der Waals surface area contributed by atoms with Gasteiger partial charge in [0.1, 0.15) is 0 Å². The number of carbonyl (C=O) groups excluding carboxylic acids is 1. The maximum atomic E-state index is 12.2. The van der Waals surface area contributed by atoms with E-state index in [0.29, 0.717) is 26.4 Å². The van der Waals surface area contributed by atoms with Crippen LogP contribution < -0.4 is 11.1 Å². The lowest BCUT2D eigenvalue weighted by Crippen LogP contribution is -2.13. The average Bonchev–Trinajstić information content (AvgIpc) is 2.35. The Labute approximate surface area is 132 Å². The van der Waals surface area contributed by atoms with Crippen molar-refractivity contribution in [3.05, 3.63) is 55.9 Å². The van der Waals surface area contributed by atoms with Gasteiger partial charge in [0, 0.05) is 19.7 Å². The first kappa shape index (κ1) is 14.4. The number of nitrogens with two attached hydrogens (primary N) is 1. The molecule has 0 saturated carbocycles. The Morgan fingerprint density at radius 2 is 1.84 bits per heavy atom. The topological polar surface area (TPSA) is 55.1 Å². The number of hydrogen-bond donors (Lipinski definition) is 2. The third-order valence-electron chi connectivity index (χ3n) is 2.41. The van der Waals surface area contributed by atoms with Gasteiger partial charge in [0.2, 0.25) is 0 Å². The highest BCUT2D eigenvalue weighted by Gasteiger charge is 2.12. The first-order chi connectivity index (χ1) is 8.97. The van der Waals surface area contributed by atoms with E-state index in [-0.39, 0.29) is 5.91 Å². The Bertz CT molecular complexity index is 647. The molecule has 0 aliphatic rings. The largest absolute Gasteiger partial charge is 0.399 e. The molecule has 3 N–H and O–H groups in total. The van der Waals surface area contributed by atoms with Gasteiger partial charge in [-0.25, -0.2) is 0 Å². The molecule has 0 unspecified atom stereocenters. The molecule has 2 rings (SSSR count). The van der Waals surface area contributed by atoms with E-state index < -0.39 is 0 Å². The smallest absolute Gasteiger partial charge is 0.256 e. The van der Waals surface area contributed by atoms with Crippen LogP contribution >= 0.6 is 43.5 Å². The summed E-state index contributed by atoms with van der Waals surface area (Å²) in [5.74, 6) is -0.250. The minimum absolute atomic E-state index is 0.250. The van der Waals surface area contributed by atoms with Gasteiger partial charge in [-0.2, -0.15) is 0 Å². The van der Waals surface area contributed by atoms with Crippen LogP contribution in [0.5, 0.6) is 0 Å². The lowest BCUT2D eigenvalue weighted by atomic mass is 10.2. The van der Waals surface area contributed by atoms with Crippen LogP contribution in [0.2, 0.25) is 5.02 Å². The van der Waals surface area contributed by atoms with Crippen molar-refractivity contribution in [2.24, 2.45) is 0 Å². The van der Waals surface area contributed by atoms with Gasteiger partial charge in [0.15, 0.2) is 0 Å². The molecule has 0 aliphatic heterocycles. The first-order valence-electron chi connectivity index (χ1n) is 5.29. The molecule has 0 radical (unpaired) electrons. The molecule has 1 amide bonds. The molecule has 0 atom stereocenters. The third kappa shape index (κ3) is 3.49. The summed E-state index contributed by atoms with van der Waals surface area (Å²) in [4.78, 5) is 12.2. The summed E-state index contributed by atoms with van der Waals surface area (Å²) in [5.41, 5.74) is 7.38. The van der Waals surface area contributed by atoms with E-state index in [0.717, 1.165) is 4.47 Å². The van der Waals surface area contributed by atoms with Crippen molar-refractivity contribution in [2.45, 2.75) is 0 Å². The van der Waals surface area contributed by atoms with Gasteiger partial charge in [0.05, 0.1) is 11.3 Å². The van der Waals surface area contributed by atoms with Gasteiger partial charge in [-0.3, -0.25) is 4.79 Å². The number of nitrogens with one attached hydrogen (secondary N) is 1. The SMILES string of the molecule is Nc1ccc(NC(=O)c2cc(Cl)ccc2Br)c(Br)c1. The minimum atomic E-state index is -0.250. The highest BCUT2D eigenvalue weighted by atomic mass is 79.9. The molecule has 0 aliphatic carbocycles. The monoisotopic (exact) mass is 402 g/mol. The Balaban J connectivity index is 2.28.